The Balaban J connectivity index is 2.62. The summed E-state index contributed by atoms with van der Waals surface area (Å²) in [4.78, 5) is 11.5. The van der Waals surface area contributed by atoms with Gasteiger partial charge in [0.1, 0.15) is 0 Å². The van der Waals surface area contributed by atoms with Crippen LogP contribution in [-0.2, 0) is 19.6 Å². The van der Waals surface area contributed by atoms with E-state index in [1.807, 2.05) is 13.8 Å². The predicted octanol–water partition coefficient (Wildman–Crippen LogP) is 1.25. The van der Waals surface area contributed by atoms with Crippen LogP contribution in [0.4, 0.5) is 0 Å². The molecule has 0 radical (unpaired) electrons. The molecule has 1 aliphatic rings. The van der Waals surface area contributed by atoms with E-state index in [0.29, 0.717) is 25.3 Å². The third kappa shape index (κ3) is 4.24. The van der Waals surface area contributed by atoms with Gasteiger partial charge in [0.15, 0.2) is 0 Å². The molecule has 0 aromatic carbocycles. The van der Waals surface area contributed by atoms with E-state index in [0.717, 1.165) is 6.42 Å². The third-order valence-electron chi connectivity index (χ3n) is 3.27. The van der Waals surface area contributed by atoms with Crippen LogP contribution in [-0.4, -0.2) is 44.6 Å². The van der Waals surface area contributed by atoms with Gasteiger partial charge >= 0.3 is 5.97 Å². The SMILES string of the molecule is COC(=O)[C@H]1CCCN(S(=O)(=O)CCC(C)C)C1. The fourth-order valence-corrected chi connectivity index (χ4v) is 3.91. The number of esters is 1. The molecule has 0 amide bonds. The first-order valence-corrected chi connectivity index (χ1v) is 8.03. The summed E-state index contributed by atoms with van der Waals surface area (Å²) in [7, 11) is -1.89. The van der Waals surface area contributed by atoms with E-state index < -0.39 is 10.0 Å². The second-order valence-electron chi connectivity index (χ2n) is 5.22. The van der Waals surface area contributed by atoms with E-state index in [1.165, 1.54) is 11.4 Å². The highest BCUT2D eigenvalue weighted by Crippen LogP contribution is 2.21. The van der Waals surface area contributed by atoms with Crippen LogP contribution in [0.2, 0.25) is 0 Å². The number of piperidine rings is 1. The highest BCUT2D eigenvalue weighted by molar-refractivity contribution is 7.89. The van der Waals surface area contributed by atoms with Crippen LogP contribution in [0.5, 0.6) is 0 Å². The Morgan fingerprint density at radius 2 is 2.11 bits per heavy atom. The molecule has 1 atom stereocenters. The smallest absolute Gasteiger partial charge is 0.309 e. The van der Waals surface area contributed by atoms with Crippen LogP contribution in [0, 0.1) is 11.8 Å². The monoisotopic (exact) mass is 277 g/mol. The Kier molecular flexibility index (Phi) is 5.59. The maximum absolute atomic E-state index is 12.1. The molecule has 0 N–H and O–H groups in total. The van der Waals surface area contributed by atoms with Gasteiger partial charge in [-0.2, -0.15) is 0 Å². The molecule has 18 heavy (non-hydrogen) atoms. The highest BCUT2D eigenvalue weighted by Gasteiger charge is 2.32. The molecule has 0 aromatic rings. The lowest BCUT2D eigenvalue weighted by atomic mass is 10.0. The lowest BCUT2D eigenvalue weighted by Crippen LogP contribution is -2.43. The molecular formula is C12H23NO4S. The van der Waals surface area contributed by atoms with Crippen molar-refractivity contribution >= 4 is 16.0 Å². The number of sulfonamides is 1. The van der Waals surface area contributed by atoms with Crippen molar-refractivity contribution in [1.82, 2.24) is 4.31 Å². The summed E-state index contributed by atoms with van der Waals surface area (Å²) in [6.45, 7) is 4.80. The van der Waals surface area contributed by atoms with Gasteiger partial charge in [0.25, 0.3) is 0 Å². The van der Waals surface area contributed by atoms with Gasteiger partial charge in [-0.3, -0.25) is 4.79 Å². The van der Waals surface area contributed by atoms with Crippen molar-refractivity contribution in [2.45, 2.75) is 33.1 Å². The maximum atomic E-state index is 12.1. The summed E-state index contributed by atoms with van der Waals surface area (Å²) in [5.74, 6) is -0.0873. The van der Waals surface area contributed by atoms with Gasteiger partial charge < -0.3 is 4.74 Å². The lowest BCUT2D eigenvalue weighted by molar-refractivity contribution is -0.146. The first kappa shape index (κ1) is 15.4. The molecule has 106 valence electrons. The summed E-state index contributed by atoms with van der Waals surface area (Å²) in [6, 6.07) is 0. The van der Waals surface area contributed by atoms with Gasteiger partial charge in [0, 0.05) is 13.1 Å². The molecule has 0 unspecified atom stereocenters. The standard InChI is InChI=1S/C12H23NO4S/c1-10(2)6-8-18(15,16)13-7-4-5-11(9-13)12(14)17-3/h10-11H,4-9H2,1-3H3/t11-/m0/s1. The quantitative estimate of drug-likeness (QED) is 0.709. The molecule has 1 fully saturated rings. The van der Waals surface area contributed by atoms with Crippen molar-refractivity contribution in [2.75, 3.05) is 26.0 Å². The van der Waals surface area contributed by atoms with E-state index in [9.17, 15) is 13.2 Å². The number of carbonyl (C=O) groups is 1. The third-order valence-corrected chi connectivity index (χ3v) is 5.14. The average molecular weight is 277 g/mol. The first-order valence-electron chi connectivity index (χ1n) is 6.42. The minimum absolute atomic E-state index is 0.165. The number of methoxy groups -OCH3 is 1. The maximum Gasteiger partial charge on any atom is 0.309 e. The minimum atomic E-state index is -3.23. The van der Waals surface area contributed by atoms with E-state index in [4.69, 9.17) is 0 Å². The van der Waals surface area contributed by atoms with E-state index in [2.05, 4.69) is 4.74 Å². The van der Waals surface area contributed by atoms with Crippen molar-refractivity contribution < 1.29 is 17.9 Å². The summed E-state index contributed by atoms with van der Waals surface area (Å²) in [6.07, 6.45) is 2.09. The van der Waals surface area contributed by atoms with Crippen molar-refractivity contribution in [3.8, 4) is 0 Å². The van der Waals surface area contributed by atoms with Crippen molar-refractivity contribution in [1.29, 1.82) is 0 Å². The average Bonchev–Trinajstić information content (AvgIpc) is 2.35. The van der Waals surface area contributed by atoms with Crippen LogP contribution in [0.3, 0.4) is 0 Å². The normalized spacial score (nSPS) is 22.1. The molecule has 0 bridgehead atoms. The summed E-state index contributed by atoms with van der Waals surface area (Å²) in [5, 5.41) is 0. The Hall–Kier alpha value is -0.620. The second-order valence-corrected chi connectivity index (χ2v) is 7.31. The van der Waals surface area contributed by atoms with E-state index in [1.54, 1.807) is 0 Å². The molecule has 1 saturated heterocycles. The fraction of sp³-hybridized carbons (Fsp3) is 0.917. The second kappa shape index (κ2) is 6.52. The molecule has 5 nitrogen and oxygen atoms in total. The predicted molar refractivity (Wildman–Crippen MR) is 69.6 cm³/mol. The Morgan fingerprint density at radius 3 is 2.67 bits per heavy atom. The van der Waals surface area contributed by atoms with Crippen LogP contribution in [0.25, 0.3) is 0 Å². The van der Waals surface area contributed by atoms with Gasteiger partial charge in [-0.15, -0.1) is 0 Å². The van der Waals surface area contributed by atoms with Gasteiger partial charge in [-0.1, -0.05) is 13.8 Å². The minimum Gasteiger partial charge on any atom is -0.469 e. The van der Waals surface area contributed by atoms with Crippen molar-refractivity contribution in [3.05, 3.63) is 0 Å². The van der Waals surface area contributed by atoms with E-state index in [-0.39, 0.29) is 24.2 Å². The van der Waals surface area contributed by atoms with Crippen LogP contribution in [0.1, 0.15) is 33.1 Å². The lowest BCUT2D eigenvalue weighted by Gasteiger charge is -2.30. The Morgan fingerprint density at radius 1 is 1.44 bits per heavy atom. The van der Waals surface area contributed by atoms with E-state index >= 15 is 0 Å². The van der Waals surface area contributed by atoms with Crippen LogP contribution in [0.15, 0.2) is 0 Å². The molecule has 1 rings (SSSR count). The Labute approximate surface area is 110 Å². The van der Waals surface area contributed by atoms with Crippen molar-refractivity contribution in [2.24, 2.45) is 11.8 Å². The molecular weight excluding hydrogens is 254 g/mol. The largest absolute Gasteiger partial charge is 0.469 e. The van der Waals surface area contributed by atoms with Crippen molar-refractivity contribution in [3.63, 3.8) is 0 Å². The highest BCUT2D eigenvalue weighted by atomic mass is 32.2. The molecule has 0 aliphatic carbocycles. The summed E-state index contributed by atoms with van der Waals surface area (Å²) < 4.78 is 30.4. The molecule has 0 aromatic heterocycles. The first-order chi connectivity index (χ1) is 8.36. The summed E-state index contributed by atoms with van der Waals surface area (Å²) >= 11 is 0. The fourth-order valence-electron chi connectivity index (χ4n) is 2.07. The molecule has 0 saturated carbocycles. The van der Waals surface area contributed by atoms with Gasteiger partial charge in [0.05, 0.1) is 18.8 Å². The number of ether oxygens (including phenoxy) is 1. The molecule has 0 spiro atoms. The number of rotatable bonds is 5. The topological polar surface area (TPSA) is 63.7 Å². The van der Waals surface area contributed by atoms with Gasteiger partial charge in [-0.05, 0) is 25.2 Å². The number of carbonyl (C=O) groups excluding carboxylic acids is 1. The number of hydrogen-bond acceptors (Lipinski definition) is 4. The zero-order valence-corrected chi connectivity index (χ0v) is 12.2. The Bertz CT molecular complexity index is 378. The number of nitrogens with zero attached hydrogens (tertiary/aromatic N) is 1. The zero-order valence-electron chi connectivity index (χ0n) is 11.4. The summed E-state index contributed by atoms with van der Waals surface area (Å²) in [5.41, 5.74) is 0. The van der Waals surface area contributed by atoms with Crippen LogP contribution >= 0.6 is 0 Å². The van der Waals surface area contributed by atoms with Gasteiger partial charge in [0.2, 0.25) is 10.0 Å². The molecule has 1 heterocycles. The van der Waals surface area contributed by atoms with Gasteiger partial charge in [-0.25, -0.2) is 12.7 Å². The number of hydrogen-bond donors (Lipinski definition) is 0. The molecule has 1 aliphatic heterocycles. The van der Waals surface area contributed by atoms with Crippen LogP contribution < -0.4 is 0 Å². The molecule has 6 heteroatoms. The zero-order chi connectivity index (χ0) is 13.8.